The lowest BCUT2D eigenvalue weighted by molar-refractivity contribution is -0.117. The summed E-state index contributed by atoms with van der Waals surface area (Å²) in [6.45, 7) is 0. The van der Waals surface area contributed by atoms with E-state index in [1.54, 1.807) is 10.9 Å². The number of aryl methyl sites for hydroxylation is 1. The van der Waals surface area contributed by atoms with Crippen molar-refractivity contribution in [1.82, 2.24) is 15.1 Å². The predicted octanol–water partition coefficient (Wildman–Crippen LogP) is 1.28. The third-order valence-electron chi connectivity index (χ3n) is 4.15. The fourth-order valence-electron chi connectivity index (χ4n) is 3.24. The molecule has 1 aliphatic heterocycles. The third kappa shape index (κ3) is 2.27. The van der Waals surface area contributed by atoms with Crippen LogP contribution in [0.15, 0.2) is 12.4 Å². The van der Waals surface area contributed by atoms with Crippen molar-refractivity contribution in [2.75, 3.05) is 5.32 Å². The van der Waals surface area contributed by atoms with Crippen molar-refractivity contribution in [1.29, 1.82) is 0 Å². The second-order valence-electron chi connectivity index (χ2n) is 5.50. The van der Waals surface area contributed by atoms with E-state index in [4.69, 9.17) is 0 Å². The van der Waals surface area contributed by atoms with E-state index in [0.717, 1.165) is 12.1 Å². The van der Waals surface area contributed by atoms with Crippen LogP contribution in [0, 0.1) is 5.92 Å². The molecule has 0 radical (unpaired) electrons. The number of hydrogen-bond acceptors (Lipinski definition) is 3. The smallest absolute Gasteiger partial charge is 0.241 e. The van der Waals surface area contributed by atoms with E-state index >= 15 is 0 Å². The van der Waals surface area contributed by atoms with Gasteiger partial charge in [0.05, 0.1) is 17.9 Å². The van der Waals surface area contributed by atoms with Crippen LogP contribution in [0.2, 0.25) is 0 Å². The van der Waals surface area contributed by atoms with Crippen molar-refractivity contribution in [3.8, 4) is 0 Å². The number of anilines is 1. The van der Waals surface area contributed by atoms with E-state index < -0.39 is 0 Å². The van der Waals surface area contributed by atoms with Crippen LogP contribution in [0.4, 0.5) is 5.69 Å². The van der Waals surface area contributed by atoms with Crippen LogP contribution < -0.4 is 10.6 Å². The van der Waals surface area contributed by atoms with Crippen LogP contribution in [0.25, 0.3) is 0 Å². The topological polar surface area (TPSA) is 59.0 Å². The molecule has 2 N–H and O–H groups in total. The molecule has 1 saturated carbocycles. The molecule has 3 rings (SSSR count). The van der Waals surface area contributed by atoms with Gasteiger partial charge in [0, 0.05) is 19.3 Å². The summed E-state index contributed by atoms with van der Waals surface area (Å²) in [5.41, 5.74) is 0.777. The van der Waals surface area contributed by atoms with Crippen LogP contribution in [0.5, 0.6) is 0 Å². The van der Waals surface area contributed by atoms with Crippen LogP contribution >= 0.6 is 0 Å². The molecule has 1 saturated heterocycles. The Morgan fingerprint density at radius 2 is 2.33 bits per heavy atom. The van der Waals surface area contributed by atoms with Gasteiger partial charge in [-0.05, 0) is 25.2 Å². The summed E-state index contributed by atoms with van der Waals surface area (Å²) in [5, 5.41) is 10.5. The van der Waals surface area contributed by atoms with Crippen LogP contribution in [-0.2, 0) is 11.8 Å². The highest BCUT2D eigenvalue weighted by atomic mass is 16.2. The SMILES string of the molecule is Cn1cc(NC(=O)C2CC3CCCCC3N2)cn1. The van der Waals surface area contributed by atoms with Crippen molar-refractivity contribution in [3.63, 3.8) is 0 Å². The molecule has 0 bridgehead atoms. The van der Waals surface area contributed by atoms with Gasteiger partial charge in [0.15, 0.2) is 0 Å². The highest BCUT2D eigenvalue weighted by molar-refractivity contribution is 5.94. The highest BCUT2D eigenvalue weighted by Crippen LogP contribution is 2.33. The summed E-state index contributed by atoms with van der Waals surface area (Å²) in [5.74, 6) is 0.779. The predicted molar refractivity (Wildman–Crippen MR) is 69.1 cm³/mol. The fourth-order valence-corrected chi connectivity index (χ4v) is 3.24. The van der Waals surface area contributed by atoms with E-state index in [9.17, 15) is 4.79 Å². The average Bonchev–Trinajstić information content (AvgIpc) is 2.95. The van der Waals surface area contributed by atoms with Gasteiger partial charge in [0.25, 0.3) is 0 Å². The van der Waals surface area contributed by atoms with Crippen molar-refractivity contribution >= 4 is 11.6 Å². The summed E-state index contributed by atoms with van der Waals surface area (Å²) >= 11 is 0. The number of carbonyl (C=O) groups excluding carboxylic acids is 1. The zero-order chi connectivity index (χ0) is 12.5. The lowest BCUT2D eigenvalue weighted by Crippen LogP contribution is -2.39. The van der Waals surface area contributed by atoms with E-state index in [1.807, 2.05) is 13.2 Å². The summed E-state index contributed by atoms with van der Waals surface area (Å²) < 4.78 is 1.69. The third-order valence-corrected chi connectivity index (χ3v) is 4.15. The Balaban J connectivity index is 1.60. The van der Waals surface area contributed by atoms with Crippen LogP contribution in [0.1, 0.15) is 32.1 Å². The van der Waals surface area contributed by atoms with Crippen LogP contribution in [0.3, 0.4) is 0 Å². The summed E-state index contributed by atoms with van der Waals surface area (Å²) in [6, 6.07) is 0.529. The van der Waals surface area contributed by atoms with Gasteiger partial charge in [-0.25, -0.2) is 0 Å². The zero-order valence-electron chi connectivity index (χ0n) is 10.7. The summed E-state index contributed by atoms with van der Waals surface area (Å²) in [6.07, 6.45) is 9.59. The number of nitrogens with zero attached hydrogens (tertiary/aromatic N) is 2. The maximum atomic E-state index is 12.2. The molecule has 2 fully saturated rings. The van der Waals surface area contributed by atoms with Gasteiger partial charge >= 0.3 is 0 Å². The molecule has 1 amide bonds. The maximum Gasteiger partial charge on any atom is 0.241 e. The average molecular weight is 248 g/mol. The Hall–Kier alpha value is -1.36. The van der Waals surface area contributed by atoms with Crippen molar-refractivity contribution in [2.45, 2.75) is 44.2 Å². The largest absolute Gasteiger partial charge is 0.322 e. The molecule has 3 unspecified atom stereocenters. The fraction of sp³-hybridized carbons (Fsp3) is 0.692. The number of amides is 1. The lowest BCUT2D eigenvalue weighted by atomic mass is 9.85. The minimum atomic E-state index is -0.0293. The van der Waals surface area contributed by atoms with E-state index in [0.29, 0.717) is 12.0 Å². The molecule has 18 heavy (non-hydrogen) atoms. The van der Waals surface area contributed by atoms with Gasteiger partial charge in [-0.3, -0.25) is 9.48 Å². The van der Waals surface area contributed by atoms with Gasteiger partial charge in [-0.2, -0.15) is 5.10 Å². The lowest BCUT2D eigenvalue weighted by Gasteiger charge is -2.24. The second-order valence-corrected chi connectivity index (χ2v) is 5.50. The first-order valence-corrected chi connectivity index (χ1v) is 6.78. The Kier molecular flexibility index (Phi) is 3.07. The van der Waals surface area contributed by atoms with Crippen LogP contribution in [-0.4, -0.2) is 27.8 Å². The first-order valence-electron chi connectivity index (χ1n) is 6.78. The van der Waals surface area contributed by atoms with Crippen molar-refractivity contribution in [3.05, 3.63) is 12.4 Å². The summed E-state index contributed by atoms with van der Waals surface area (Å²) in [7, 11) is 1.85. The van der Waals surface area contributed by atoms with E-state index in [-0.39, 0.29) is 11.9 Å². The van der Waals surface area contributed by atoms with Crippen molar-refractivity contribution < 1.29 is 4.79 Å². The number of aromatic nitrogens is 2. The maximum absolute atomic E-state index is 12.2. The van der Waals surface area contributed by atoms with Crippen molar-refractivity contribution in [2.24, 2.45) is 13.0 Å². The molecular formula is C13H20N4O. The zero-order valence-corrected chi connectivity index (χ0v) is 10.7. The molecule has 5 nitrogen and oxygen atoms in total. The summed E-state index contributed by atoms with van der Waals surface area (Å²) in [4.78, 5) is 12.2. The van der Waals surface area contributed by atoms with Gasteiger partial charge < -0.3 is 10.6 Å². The first-order chi connectivity index (χ1) is 8.72. The normalized spacial score (nSPS) is 31.1. The molecule has 98 valence electrons. The Morgan fingerprint density at radius 1 is 1.50 bits per heavy atom. The van der Waals surface area contributed by atoms with Gasteiger partial charge in [-0.1, -0.05) is 12.8 Å². The monoisotopic (exact) mass is 248 g/mol. The number of nitrogens with one attached hydrogen (secondary N) is 2. The molecular weight excluding hydrogens is 228 g/mol. The molecule has 1 aromatic heterocycles. The Bertz CT molecular complexity index is 428. The highest BCUT2D eigenvalue weighted by Gasteiger charge is 2.38. The van der Waals surface area contributed by atoms with Gasteiger partial charge in [-0.15, -0.1) is 0 Å². The van der Waals surface area contributed by atoms with Gasteiger partial charge in [0.1, 0.15) is 0 Å². The molecule has 1 aliphatic carbocycles. The number of rotatable bonds is 2. The van der Waals surface area contributed by atoms with E-state index in [2.05, 4.69) is 15.7 Å². The Labute approximate surface area is 107 Å². The molecule has 2 aliphatic rings. The molecule has 2 heterocycles. The molecule has 5 heteroatoms. The molecule has 0 spiro atoms. The number of hydrogen-bond donors (Lipinski definition) is 2. The first kappa shape index (κ1) is 11.7. The minimum Gasteiger partial charge on any atom is -0.322 e. The minimum absolute atomic E-state index is 0.0293. The molecule has 3 atom stereocenters. The van der Waals surface area contributed by atoms with E-state index in [1.165, 1.54) is 25.7 Å². The number of carbonyl (C=O) groups is 1. The molecule has 0 aromatic carbocycles. The standard InChI is InChI=1S/C13H20N4O/c1-17-8-10(7-14-17)15-13(18)12-6-9-4-2-3-5-11(9)16-12/h7-9,11-12,16H,2-6H2,1H3,(H,15,18). The number of fused-ring (bicyclic) bond motifs is 1. The van der Waals surface area contributed by atoms with Gasteiger partial charge in [0.2, 0.25) is 5.91 Å². The Morgan fingerprint density at radius 3 is 3.06 bits per heavy atom. The molecule has 1 aromatic rings. The quantitative estimate of drug-likeness (QED) is 0.829. The second kappa shape index (κ2) is 4.72.